The number of hydrogen-bond donors (Lipinski definition) is 2. The third-order valence-electron chi connectivity index (χ3n) is 6.20. The van der Waals surface area contributed by atoms with Gasteiger partial charge < -0.3 is 10.6 Å². The highest BCUT2D eigenvalue weighted by Crippen LogP contribution is 2.28. The van der Waals surface area contributed by atoms with E-state index in [1.165, 1.54) is 27.6 Å². The molecule has 6 aromatic carbocycles. The van der Waals surface area contributed by atoms with Gasteiger partial charge in [0.25, 0.3) is 0 Å². The van der Waals surface area contributed by atoms with Crippen molar-refractivity contribution in [3.05, 3.63) is 164 Å². The lowest BCUT2D eigenvalue weighted by Crippen LogP contribution is -1.96. The van der Waals surface area contributed by atoms with E-state index < -0.39 is 0 Å². The molecule has 3 heteroatoms. The molecule has 190 valence electrons. The maximum atomic E-state index is 3.43. The van der Waals surface area contributed by atoms with Gasteiger partial charge in [-0.3, -0.25) is 0 Å². The Hall–Kier alpha value is -4.65. The van der Waals surface area contributed by atoms with Crippen molar-refractivity contribution in [3.63, 3.8) is 0 Å². The van der Waals surface area contributed by atoms with E-state index in [1.807, 2.05) is 60.7 Å². The highest BCUT2D eigenvalue weighted by Gasteiger charge is 2.04. The predicted octanol–water partition coefficient (Wildman–Crippen LogP) is 9.69. The summed E-state index contributed by atoms with van der Waals surface area (Å²) in [6.45, 7) is 0. The lowest BCUT2D eigenvalue weighted by Gasteiger charge is -2.13. The maximum absolute atomic E-state index is 3.43. The molecule has 0 aliphatic heterocycles. The molecule has 0 fully saturated rings. The van der Waals surface area contributed by atoms with E-state index in [4.69, 9.17) is 0 Å². The molecule has 0 aliphatic carbocycles. The Bertz CT molecular complexity index is 1470. The van der Waals surface area contributed by atoms with E-state index in [1.54, 1.807) is 0 Å². The van der Waals surface area contributed by atoms with Gasteiger partial charge in [0.2, 0.25) is 0 Å². The molecule has 0 bridgehead atoms. The van der Waals surface area contributed by atoms with Crippen LogP contribution in [0.3, 0.4) is 0 Å². The summed E-state index contributed by atoms with van der Waals surface area (Å²) >= 11 is 0. The topological polar surface area (TPSA) is 24.1 Å². The van der Waals surface area contributed by atoms with Crippen LogP contribution < -0.4 is 15.9 Å². The molecule has 0 heterocycles. The Morgan fingerprint density at radius 3 is 1.05 bits per heavy atom. The summed E-state index contributed by atoms with van der Waals surface area (Å²) in [5, 5.41) is 8.07. The first-order chi connectivity index (χ1) is 19.2. The second kappa shape index (κ2) is 13.2. The predicted molar refractivity (Wildman–Crippen MR) is 173 cm³/mol. The minimum absolute atomic E-state index is 1.06. The normalized spacial score (nSPS) is 10.2. The minimum Gasteiger partial charge on any atom is -0.354 e. The molecule has 0 radical (unpaired) electrons. The molecular formula is C36H31N2P. The average molecular weight is 523 g/mol. The van der Waals surface area contributed by atoms with Gasteiger partial charge in [-0.25, -0.2) is 0 Å². The minimum atomic E-state index is 1.06. The van der Waals surface area contributed by atoms with Crippen LogP contribution in [0, 0.1) is 0 Å². The van der Waals surface area contributed by atoms with Crippen LogP contribution >= 0.6 is 9.24 Å². The molecule has 0 spiro atoms. The van der Waals surface area contributed by atoms with Gasteiger partial charge in [0, 0.05) is 11.4 Å². The molecule has 2 N–H and O–H groups in total. The average Bonchev–Trinajstić information content (AvgIpc) is 3.00. The van der Waals surface area contributed by atoms with Crippen molar-refractivity contribution >= 4 is 37.3 Å². The smallest absolute Gasteiger partial charge is 0.0623 e. The second-order valence-corrected chi connectivity index (χ2v) is 9.77. The molecule has 0 aromatic heterocycles. The summed E-state index contributed by atoms with van der Waals surface area (Å²) in [5.74, 6) is 0. The van der Waals surface area contributed by atoms with E-state index in [9.17, 15) is 0 Å². The van der Waals surface area contributed by atoms with Crippen molar-refractivity contribution in [1.29, 1.82) is 0 Å². The van der Waals surface area contributed by atoms with Crippen molar-refractivity contribution < 1.29 is 0 Å². The quantitative estimate of drug-likeness (QED) is 0.213. The van der Waals surface area contributed by atoms with Crippen molar-refractivity contribution in [3.8, 4) is 22.3 Å². The first kappa shape index (κ1) is 26.0. The van der Waals surface area contributed by atoms with Crippen LogP contribution in [0.25, 0.3) is 22.3 Å². The third-order valence-corrected chi connectivity index (χ3v) is 6.54. The molecule has 1 atom stereocenters. The maximum Gasteiger partial charge on any atom is 0.0623 e. The van der Waals surface area contributed by atoms with E-state index >= 15 is 0 Å². The first-order valence-corrected chi connectivity index (χ1v) is 13.6. The Labute approximate surface area is 233 Å². The standard InChI is InChI=1S/C18H16N2.C18H15P/c1-3-9-15(10-4-1)19-17-13-7-8-14-18(17)20-16-11-5-2-6-12-16;19-18-12-16(14-7-3-1-4-8-14)11-17(13-18)15-9-5-2-6-10-15/h1-14,19-20H;1-13H,19H2. The van der Waals surface area contributed by atoms with Gasteiger partial charge in [-0.15, -0.1) is 9.24 Å². The number of benzene rings is 6. The fourth-order valence-corrected chi connectivity index (χ4v) is 4.66. The Kier molecular flexibility index (Phi) is 8.82. The number of rotatable bonds is 6. The first-order valence-electron chi connectivity index (χ1n) is 13.0. The van der Waals surface area contributed by atoms with Crippen LogP contribution in [-0.4, -0.2) is 0 Å². The summed E-state index contributed by atoms with van der Waals surface area (Å²) in [6, 6.07) is 56.2. The van der Waals surface area contributed by atoms with E-state index in [0.717, 1.165) is 22.7 Å². The van der Waals surface area contributed by atoms with Crippen LogP contribution in [0.15, 0.2) is 164 Å². The van der Waals surface area contributed by atoms with Gasteiger partial charge in [0.05, 0.1) is 11.4 Å². The van der Waals surface area contributed by atoms with Crippen LogP contribution in [0.5, 0.6) is 0 Å². The molecule has 0 saturated heterocycles. The molecule has 0 saturated carbocycles. The van der Waals surface area contributed by atoms with Crippen molar-refractivity contribution in [2.24, 2.45) is 0 Å². The number of para-hydroxylation sites is 4. The lowest BCUT2D eigenvalue weighted by atomic mass is 9.99. The van der Waals surface area contributed by atoms with Crippen LogP contribution in [-0.2, 0) is 0 Å². The Balaban J connectivity index is 0.000000158. The highest BCUT2D eigenvalue weighted by atomic mass is 31.0. The number of anilines is 4. The molecule has 2 nitrogen and oxygen atoms in total. The summed E-state index contributed by atoms with van der Waals surface area (Å²) in [7, 11) is 2.80. The molecule has 0 aliphatic rings. The van der Waals surface area contributed by atoms with Gasteiger partial charge >= 0.3 is 0 Å². The van der Waals surface area contributed by atoms with Crippen LogP contribution in [0.4, 0.5) is 22.7 Å². The summed E-state index contributed by atoms with van der Waals surface area (Å²) in [6.07, 6.45) is 0. The number of hydrogen-bond acceptors (Lipinski definition) is 2. The van der Waals surface area contributed by atoms with E-state index in [0.29, 0.717) is 0 Å². The van der Waals surface area contributed by atoms with Gasteiger partial charge in [-0.1, -0.05) is 109 Å². The Morgan fingerprint density at radius 2 is 0.667 bits per heavy atom. The van der Waals surface area contributed by atoms with Crippen molar-refractivity contribution in [1.82, 2.24) is 0 Å². The molecule has 1 unspecified atom stereocenters. The molecule has 6 aromatic rings. The fraction of sp³-hybridized carbons (Fsp3) is 0. The summed E-state index contributed by atoms with van der Waals surface area (Å²) < 4.78 is 0. The molecule has 0 amide bonds. The summed E-state index contributed by atoms with van der Waals surface area (Å²) in [4.78, 5) is 0. The molecule has 6 rings (SSSR count). The van der Waals surface area contributed by atoms with E-state index in [-0.39, 0.29) is 0 Å². The summed E-state index contributed by atoms with van der Waals surface area (Å²) in [5.41, 5.74) is 9.29. The monoisotopic (exact) mass is 522 g/mol. The van der Waals surface area contributed by atoms with Gasteiger partial charge in [-0.05, 0) is 82.2 Å². The van der Waals surface area contributed by atoms with Gasteiger partial charge in [-0.2, -0.15) is 0 Å². The lowest BCUT2D eigenvalue weighted by molar-refractivity contribution is 1.50. The second-order valence-electron chi connectivity index (χ2n) is 9.10. The third kappa shape index (κ3) is 7.45. The SMILES string of the molecule is Pc1cc(-c2ccccc2)cc(-c2ccccc2)c1.c1ccc(Nc2ccccc2Nc2ccccc2)cc1. The van der Waals surface area contributed by atoms with Gasteiger partial charge in [0.1, 0.15) is 0 Å². The fourth-order valence-electron chi connectivity index (χ4n) is 4.30. The highest BCUT2D eigenvalue weighted by molar-refractivity contribution is 7.27. The Morgan fingerprint density at radius 1 is 0.333 bits per heavy atom. The van der Waals surface area contributed by atoms with Crippen LogP contribution in [0.1, 0.15) is 0 Å². The zero-order chi connectivity index (χ0) is 26.7. The zero-order valence-corrected chi connectivity index (χ0v) is 22.8. The van der Waals surface area contributed by atoms with Crippen molar-refractivity contribution in [2.75, 3.05) is 10.6 Å². The number of nitrogens with one attached hydrogen (secondary N) is 2. The molecular weight excluding hydrogens is 491 g/mol. The van der Waals surface area contributed by atoms with E-state index in [2.05, 4.69) is 123 Å². The van der Waals surface area contributed by atoms with Crippen LogP contribution in [0.2, 0.25) is 0 Å². The molecule has 39 heavy (non-hydrogen) atoms. The van der Waals surface area contributed by atoms with Crippen molar-refractivity contribution in [2.45, 2.75) is 0 Å². The zero-order valence-electron chi connectivity index (χ0n) is 21.7. The van der Waals surface area contributed by atoms with Gasteiger partial charge in [0.15, 0.2) is 0 Å². The largest absolute Gasteiger partial charge is 0.354 e.